The van der Waals surface area contributed by atoms with Gasteiger partial charge in [-0.1, -0.05) is 0 Å². The van der Waals surface area contributed by atoms with Crippen molar-refractivity contribution in [2.24, 2.45) is 11.1 Å². The van der Waals surface area contributed by atoms with Crippen molar-refractivity contribution in [1.82, 2.24) is 4.90 Å². The van der Waals surface area contributed by atoms with Crippen LogP contribution in [-0.4, -0.2) is 35.2 Å². The minimum absolute atomic E-state index is 0.298. The molecule has 1 spiro atoms. The lowest BCUT2D eigenvalue weighted by molar-refractivity contribution is 0.0138. The van der Waals surface area contributed by atoms with E-state index in [9.17, 15) is 4.79 Å². The van der Waals surface area contributed by atoms with Crippen molar-refractivity contribution in [3.05, 3.63) is 0 Å². The Labute approximate surface area is 77.7 Å². The van der Waals surface area contributed by atoms with Gasteiger partial charge in [-0.2, -0.15) is 0 Å². The van der Waals surface area contributed by atoms with Crippen molar-refractivity contribution in [1.29, 1.82) is 0 Å². The Balaban J connectivity index is 1.92. The van der Waals surface area contributed by atoms with Gasteiger partial charge in [0.2, 0.25) is 0 Å². The molecule has 0 radical (unpaired) electrons. The third-order valence-corrected chi connectivity index (χ3v) is 3.77. The highest BCUT2D eigenvalue weighted by Crippen LogP contribution is 2.47. The van der Waals surface area contributed by atoms with Gasteiger partial charge in [0.25, 0.3) is 0 Å². The van der Waals surface area contributed by atoms with Crippen LogP contribution in [-0.2, 0) is 0 Å². The maximum atomic E-state index is 10.6. The van der Waals surface area contributed by atoms with Crippen LogP contribution >= 0.6 is 0 Å². The summed E-state index contributed by atoms with van der Waals surface area (Å²) < 4.78 is 0. The Kier molecular flexibility index (Phi) is 1.95. The first-order valence-electron chi connectivity index (χ1n) is 4.87. The van der Waals surface area contributed by atoms with Gasteiger partial charge in [0.05, 0.1) is 0 Å². The Morgan fingerprint density at radius 2 is 2.00 bits per heavy atom. The molecule has 0 aromatic carbocycles. The third kappa shape index (κ3) is 1.29. The van der Waals surface area contributed by atoms with Gasteiger partial charge in [0.15, 0.2) is 0 Å². The molecule has 0 aromatic rings. The number of rotatable bonds is 0. The molecule has 4 nitrogen and oxygen atoms in total. The first kappa shape index (κ1) is 8.81. The summed E-state index contributed by atoms with van der Waals surface area (Å²) in [5, 5.41) is 8.76. The number of amides is 1. The molecule has 1 heterocycles. The summed E-state index contributed by atoms with van der Waals surface area (Å²) in [7, 11) is 0. The molecule has 1 atom stereocenters. The first-order valence-corrected chi connectivity index (χ1v) is 4.87. The molecule has 13 heavy (non-hydrogen) atoms. The Hall–Kier alpha value is -0.770. The van der Waals surface area contributed by atoms with Crippen LogP contribution < -0.4 is 5.73 Å². The quantitative estimate of drug-likeness (QED) is 0.587. The first-order chi connectivity index (χ1) is 6.14. The lowest BCUT2D eigenvalue weighted by Gasteiger charge is -2.52. The number of piperidine rings is 1. The number of likely N-dealkylation sites (tertiary alicyclic amines) is 1. The highest BCUT2D eigenvalue weighted by atomic mass is 16.4. The average molecular weight is 184 g/mol. The normalized spacial score (nSPS) is 31.5. The Morgan fingerprint density at radius 1 is 1.38 bits per heavy atom. The highest BCUT2D eigenvalue weighted by Gasteiger charge is 2.46. The largest absolute Gasteiger partial charge is 0.465 e. The number of carbonyl (C=O) groups is 1. The van der Waals surface area contributed by atoms with Gasteiger partial charge >= 0.3 is 6.09 Å². The maximum Gasteiger partial charge on any atom is 0.407 e. The number of hydrogen-bond donors (Lipinski definition) is 2. The molecule has 1 aliphatic carbocycles. The van der Waals surface area contributed by atoms with E-state index in [0.29, 0.717) is 24.5 Å². The summed E-state index contributed by atoms with van der Waals surface area (Å²) in [5.41, 5.74) is 6.24. The fraction of sp³-hybridized carbons (Fsp3) is 0.889. The lowest BCUT2D eigenvalue weighted by Crippen LogP contribution is -2.56. The molecule has 1 saturated heterocycles. The summed E-state index contributed by atoms with van der Waals surface area (Å²) in [5.74, 6) is 0. The highest BCUT2D eigenvalue weighted by molar-refractivity contribution is 5.65. The molecule has 1 aliphatic heterocycles. The molecular weight excluding hydrogens is 168 g/mol. The molecule has 1 unspecified atom stereocenters. The lowest BCUT2D eigenvalue weighted by atomic mass is 9.60. The Bertz CT molecular complexity index is 222. The average Bonchev–Trinajstić information content (AvgIpc) is 2.15. The standard InChI is InChI=1S/C9H16N2O2/c10-7-1-2-9(7)3-5-11(6-4-9)8(12)13/h7H,1-6,10H2,(H,12,13). The molecule has 1 saturated carbocycles. The van der Waals surface area contributed by atoms with Crippen molar-refractivity contribution in [2.45, 2.75) is 31.7 Å². The predicted octanol–water partition coefficient (Wildman–Crippen LogP) is 0.868. The zero-order valence-electron chi connectivity index (χ0n) is 7.70. The van der Waals surface area contributed by atoms with Gasteiger partial charge in [0, 0.05) is 19.1 Å². The molecule has 2 fully saturated rings. The number of hydrogen-bond acceptors (Lipinski definition) is 2. The van der Waals surface area contributed by atoms with Gasteiger partial charge in [-0.15, -0.1) is 0 Å². The van der Waals surface area contributed by atoms with E-state index in [1.807, 2.05) is 0 Å². The molecule has 3 N–H and O–H groups in total. The summed E-state index contributed by atoms with van der Waals surface area (Å²) in [4.78, 5) is 12.1. The minimum Gasteiger partial charge on any atom is -0.465 e. The fourth-order valence-corrected chi connectivity index (χ4v) is 2.48. The van der Waals surface area contributed by atoms with Crippen LogP contribution in [0, 0.1) is 5.41 Å². The van der Waals surface area contributed by atoms with Gasteiger partial charge in [-0.05, 0) is 31.1 Å². The molecule has 1 amide bonds. The van der Waals surface area contributed by atoms with E-state index in [1.54, 1.807) is 0 Å². The summed E-state index contributed by atoms with van der Waals surface area (Å²) in [6, 6.07) is 0.323. The van der Waals surface area contributed by atoms with E-state index in [2.05, 4.69) is 0 Å². The maximum absolute atomic E-state index is 10.6. The summed E-state index contributed by atoms with van der Waals surface area (Å²) in [6.07, 6.45) is 3.44. The van der Waals surface area contributed by atoms with Crippen LogP contribution in [0.5, 0.6) is 0 Å². The van der Waals surface area contributed by atoms with E-state index < -0.39 is 6.09 Å². The van der Waals surface area contributed by atoms with Crippen LogP contribution in [0.25, 0.3) is 0 Å². The van der Waals surface area contributed by atoms with Crippen molar-refractivity contribution >= 4 is 6.09 Å². The van der Waals surface area contributed by atoms with Crippen molar-refractivity contribution in [2.75, 3.05) is 13.1 Å². The zero-order valence-corrected chi connectivity index (χ0v) is 7.70. The molecule has 74 valence electrons. The number of nitrogens with two attached hydrogens (primary N) is 1. The fourth-order valence-electron chi connectivity index (χ4n) is 2.48. The second kappa shape index (κ2) is 2.87. The number of carboxylic acid groups (broad SMARTS) is 1. The Morgan fingerprint density at radius 3 is 2.31 bits per heavy atom. The topological polar surface area (TPSA) is 66.6 Å². The second-order valence-electron chi connectivity index (χ2n) is 4.28. The van der Waals surface area contributed by atoms with Crippen LogP contribution in [0.4, 0.5) is 4.79 Å². The van der Waals surface area contributed by atoms with Gasteiger partial charge in [-0.25, -0.2) is 4.79 Å². The van der Waals surface area contributed by atoms with Crippen LogP contribution in [0.1, 0.15) is 25.7 Å². The van der Waals surface area contributed by atoms with Crippen LogP contribution in [0.3, 0.4) is 0 Å². The van der Waals surface area contributed by atoms with E-state index in [4.69, 9.17) is 10.8 Å². The molecular formula is C9H16N2O2. The van der Waals surface area contributed by atoms with Gasteiger partial charge < -0.3 is 15.7 Å². The second-order valence-corrected chi connectivity index (χ2v) is 4.28. The van der Waals surface area contributed by atoms with Crippen LogP contribution in [0.2, 0.25) is 0 Å². The van der Waals surface area contributed by atoms with E-state index in [0.717, 1.165) is 19.3 Å². The zero-order chi connectivity index (χ0) is 9.47. The van der Waals surface area contributed by atoms with Crippen molar-refractivity contribution in [3.63, 3.8) is 0 Å². The van der Waals surface area contributed by atoms with Crippen LogP contribution in [0.15, 0.2) is 0 Å². The predicted molar refractivity (Wildman–Crippen MR) is 48.5 cm³/mol. The van der Waals surface area contributed by atoms with E-state index in [-0.39, 0.29) is 0 Å². The van der Waals surface area contributed by atoms with Crippen molar-refractivity contribution in [3.8, 4) is 0 Å². The van der Waals surface area contributed by atoms with Gasteiger partial charge in [0.1, 0.15) is 0 Å². The smallest absolute Gasteiger partial charge is 0.407 e. The molecule has 0 aromatic heterocycles. The summed E-state index contributed by atoms with van der Waals surface area (Å²) in [6.45, 7) is 1.34. The summed E-state index contributed by atoms with van der Waals surface area (Å²) >= 11 is 0. The van der Waals surface area contributed by atoms with E-state index >= 15 is 0 Å². The molecule has 2 rings (SSSR count). The van der Waals surface area contributed by atoms with Crippen molar-refractivity contribution < 1.29 is 9.90 Å². The molecule has 0 bridgehead atoms. The monoisotopic (exact) mass is 184 g/mol. The molecule has 4 heteroatoms. The van der Waals surface area contributed by atoms with Gasteiger partial charge in [-0.3, -0.25) is 0 Å². The number of nitrogens with zero attached hydrogens (tertiary/aromatic N) is 1. The molecule has 2 aliphatic rings. The SMILES string of the molecule is NC1CCC12CCN(C(=O)O)CC2. The third-order valence-electron chi connectivity index (χ3n) is 3.77. The minimum atomic E-state index is -0.789. The van der Waals surface area contributed by atoms with E-state index in [1.165, 1.54) is 11.3 Å².